The van der Waals surface area contributed by atoms with Gasteiger partial charge in [-0.1, -0.05) is 20.4 Å². The fourth-order valence-corrected chi connectivity index (χ4v) is 0.656. The Labute approximate surface area is 69.3 Å². The summed E-state index contributed by atoms with van der Waals surface area (Å²) in [5.74, 6) is 0. The maximum Gasteiger partial charge on any atom is 0 e. The van der Waals surface area contributed by atoms with Gasteiger partial charge in [-0.15, -0.1) is 0 Å². The Hall–Kier alpha value is 0.284. The van der Waals surface area contributed by atoms with Crippen LogP contribution in [0.4, 0.5) is 0 Å². The van der Waals surface area contributed by atoms with Crippen molar-refractivity contribution in [3.8, 4) is 0 Å². The van der Waals surface area contributed by atoms with Crippen LogP contribution in [0.2, 0.25) is 0 Å². The molecule has 0 aliphatic heterocycles. The summed E-state index contributed by atoms with van der Waals surface area (Å²) in [5, 5.41) is 0. The molecular formula is C6H4BrV-. The van der Waals surface area contributed by atoms with E-state index in [-0.39, 0.29) is 18.6 Å². The van der Waals surface area contributed by atoms with Crippen LogP contribution in [0.3, 0.4) is 0 Å². The van der Waals surface area contributed by atoms with E-state index in [1.54, 1.807) is 0 Å². The van der Waals surface area contributed by atoms with Gasteiger partial charge < -0.3 is 0 Å². The van der Waals surface area contributed by atoms with E-state index in [4.69, 9.17) is 0 Å². The quantitative estimate of drug-likeness (QED) is 0.572. The van der Waals surface area contributed by atoms with Crippen LogP contribution in [-0.4, -0.2) is 0 Å². The maximum atomic E-state index is 3.26. The normalized spacial score (nSPS) is 7.62. The summed E-state index contributed by atoms with van der Waals surface area (Å²) in [5.41, 5.74) is 0. The van der Waals surface area contributed by atoms with Crippen molar-refractivity contribution in [2.75, 3.05) is 0 Å². The van der Waals surface area contributed by atoms with Crippen molar-refractivity contribution in [2.45, 2.75) is 0 Å². The van der Waals surface area contributed by atoms with E-state index >= 15 is 0 Å². The monoisotopic (exact) mass is 206 g/mol. The second-order valence-electron chi connectivity index (χ2n) is 1.21. The molecule has 0 atom stereocenters. The van der Waals surface area contributed by atoms with Gasteiger partial charge in [0, 0.05) is 18.6 Å². The molecule has 8 heavy (non-hydrogen) atoms. The van der Waals surface area contributed by atoms with E-state index in [1.807, 2.05) is 24.3 Å². The SMILES string of the molecule is Brc1[c-]cccc1.[V]. The molecule has 0 fully saturated rings. The Balaban J connectivity index is 0.000000490. The average Bonchev–Trinajstić information content (AvgIpc) is 1.69. The van der Waals surface area contributed by atoms with E-state index in [2.05, 4.69) is 22.0 Å². The van der Waals surface area contributed by atoms with Gasteiger partial charge in [0.1, 0.15) is 0 Å². The van der Waals surface area contributed by atoms with Crippen LogP contribution < -0.4 is 0 Å². The van der Waals surface area contributed by atoms with Gasteiger partial charge in [0.15, 0.2) is 0 Å². The third-order valence-electron chi connectivity index (χ3n) is 0.671. The summed E-state index contributed by atoms with van der Waals surface area (Å²) in [7, 11) is 0. The smallest absolute Gasteiger partial charge is 0 e. The topological polar surface area (TPSA) is 0 Å². The van der Waals surface area contributed by atoms with Crippen LogP contribution >= 0.6 is 15.9 Å². The molecular weight excluding hydrogens is 203 g/mol. The molecule has 1 rings (SSSR count). The van der Waals surface area contributed by atoms with Gasteiger partial charge in [0.05, 0.1) is 0 Å². The summed E-state index contributed by atoms with van der Waals surface area (Å²) >= 11 is 3.26. The van der Waals surface area contributed by atoms with Crippen molar-refractivity contribution in [1.29, 1.82) is 0 Å². The molecule has 1 radical (unpaired) electrons. The van der Waals surface area contributed by atoms with Crippen LogP contribution in [0.5, 0.6) is 0 Å². The van der Waals surface area contributed by atoms with Gasteiger partial charge in [-0.2, -0.15) is 30.3 Å². The Morgan fingerprint density at radius 1 is 1.38 bits per heavy atom. The number of hydrogen-bond donors (Lipinski definition) is 0. The molecule has 0 saturated heterocycles. The molecule has 2 heteroatoms. The maximum absolute atomic E-state index is 3.26. The summed E-state index contributed by atoms with van der Waals surface area (Å²) < 4.78 is 1.01. The molecule has 1 aromatic carbocycles. The molecule has 0 saturated carbocycles. The number of rotatable bonds is 0. The van der Waals surface area contributed by atoms with Gasteiger partial charge in [-0.25, -0.2) is 0 Å². The molecule has 41 valence electrons. The van der Waals surface area contributed by atoms with Crippen LogP contribution in [0.15, 0.2) is 28.7 Å². The second kappa shape index (κ2) is 4.19. The first kappa shape index (κ1) is 8.28. The average molecular weight is 207 g/mol. The first-order valence-corrected chi connectivity index (χ1v) is 2.81. The summed E-state index contributed by atoms with van der Waals surface area (Å²) in [6.07, 6.45) is 0. The fourth-order valence-electron chi connectivity index (χ4n) is 0.371. The molecule has 0 aromatic heterocycles. The standard InChI is InChI=1S/C6H4Br.V/c7-6-4-2-1-3-5-6;/h1-4H;/q-1;. The minimum Gasteiger partial charge on any atom is -0.176 e. The minimum atomic E-state index is 0. The van der Waals surface area contributed by atoms with E-state index in [0.29, 0.717) is 0 Å². The van der Waals surface area contributed by atoms with E-state index < -0.39 is 0 Å². The van der Waals surface area contributed by atoms with Crippen LogP contribution in [-0.2, 0) is 18.6 Å². The zero-order valence-corrected chi connectivity index (χ0v) is 7.12. The van der Waals surface area contributed by atoms with Crippen molar-refractivity contribution in [2.24, 2.45) is 0 Å². The van der Waals surface area contributed by atoms with Gasteiger partial charge >= 0.3 is 0 Å². The minimum absolute atomic E-state index is 0. The predicted molar refractivity (Wildman–Crippen MR) is 33.0 cm³/mol. The van der Waals surface area contributed by atoms with E-state index in [9.17, 15) is 0 Å². The number of hydrogen-bond acceptors (Lipinski definition) is 0. The zero-order valence-electron chi connectivity index (χ0n) is 4.13. The van der Waals surface area contributed by atoms with Crippen LogP contribution in [0.1, 0.15) is 0 Å². The van der Waals surface area contributed by atoms with E-state index in [1.165, 1.54) is 0 Å². The largest absolute Gasteiger partial charge is 0.176 e. The molecule has 0 bridgehead atoms. The summed E-state index contributed by atoms with van der Waals surface area (Å²) in [6, 6.07) is 10.7. The number of halogens is 1. The molecule has 0 N–H and O–H groups in total. The Morgan fingerprint density at radius 2 is 2.12 bits per heavy atom. The Kier molecular flexibility index (Phi) is 4.34. The summed E-state index contributed by atoms with van der Waals surface area (Å²) in [4.78, 5) is 0. The van der Waals surface area contributed by atoms with Crippen molar-refractivity contribution < 1.29 is 18.6 Å². The zero-order chi connectivity index (χ0) is 5.11. The van der Waals surface area contributed by atoms with Crippen molar-refractivity contribution in [3.63, 3.8) is 0 Å². The molecule has 0 amide bonds. The van der Waals surface area contributed by atoms with Crippen molar-refractivity contribution in [1.82, 2.24) is 0 Å². The third-order valence-corrected chi connectivity index (χ3v) is 1.16. The van der Waals surface area contributed by atoms with Crippen LogP contribution in [0.25, 0.3) is 0 Å². The first-order valence-electron chi connectivity index (χ1n) is 2.02. The Morgan fingerprint density at radius 3 is 2.38 bits per heavy atom. The number of benzene rings is 1. The molecule has 0 aliphatic carbocycles. The third kappa shape index (κ3) is 2.56. The Bertz CT molecular complexity index is 138. The second-order valence-corrected chi connectivity index (χ2v) is 2.06. The summed E-state index contributed by atoms with van der Waals surface area (Å²) in [6.45, 7) is 0. The van der Waals surface area contributed by atoms with Crippen molar-refractivity contribution in [3.05, 3.63) is 34.8 Å². The van der Waals surface area contributed by atoms with Crippen molar-refractivity contribution >= 4 is 15.9 Å². The molecule has 0 spiro atoms. The molecule has 0 aliphatic rings. The van der Waals surface area contributed by atoms with E-state index in [0.717, 1.165) is 4.47 Å². The van der Waals surface area contributed by atoms with Gasteiger partial charge in [0.2, 0.25) is 0 Å². The first-order chi connectivity index (χ1) is 3.39. The fraction of sp³-hybridized carbons (Fsp3) is 0. The predicted octanol–water partition coefficient (Wildman–Crippen LogP) is 2.25. The molecule has 0 nitrogen and oxygen atoms in total. The van der Waals surface area contributed by atoms with Gasteiger partial charge in [-0.3, -0.25) is 0 Å². The van der Waals surface area contributed by atoms with Gasteiger partial charge in [0.25, 0.3) is 0 Å². The molecule has 0 unspecified atom stereocenters. The molecule has 0 heterocycles. The molecule has 1 aromatic rings. The van der Waals surface area contributed by atoms with Crippen LogP contribution in [0, 0.1) is 6.07 Å². The van der Waals surface area contributed by atoms with Gasteiger partial charge in [-0.05, 0) is 0 Å².